The summed E-state index contributed by atoms with van der Waals surface area (Å²) in [4.78, 5) is 9.08. The van der Waals surface area contributed by atoms with Crippen LogP contribution in [0.3, 0.4) is 0 Å². The molecule has 4 heteroatoms. The molecule has 0 aliphatic rings. The van der Waals surface area contributed by atoms with Crippen molar-refractivity contribution >= 4 is 30.3 Å². The number of methoxy groups -OCH3 is 2. The summed E-state index contributed by atoms with van der Waals surface area (Å²) in [7, 11) is 3.33. The van der Waals surface area contributed by atoms with Gasteiger partial charge in [0.1, 0.15) is 11.5 Å². The molecular weight excluding hydrogens is 384 g/mol. The molecule has 3 aromatic rings. The van der Waals surface area contributed by atoms with Gasteiger partial charge in [0.15, 0.2) is 0 Å². The fourth-order valence-electron chi connectivity index (χ4n) is 2.84. The molecule has 0 aliphatic carbocycles. The summed E-state index contributed by atoms with van der Waals surface area (Å²) in [5.74, 6) is 1.70. The maximum absolute atomic E-state index is 5.17. The molecule has 4 nitrogen and oxygen atoms in total. The predicted molar refractivity (Wildman–Crippen MR) is 131 cm³/mol. The molecule has 3 rings (SSSR count). The van der Waals surface area contributed by atoms with E-state index in [1.807, 2.05) is 103 Å². The van der Waals surface area contributed by atoms with Gasteiger partial charge in [-0.25, -0.2) is 0 Å². The van der Waals surface area contributed by atoms with E-state index in [0.29, 0.717) is 6.54 Å². The number of aliphatic imine (C=N–C) groups is 2. The van der Waals surface area contributed by atoms with Gasteiger partial charge >= 0.3 is 0 Å². The number of ether oxygens (including phenoxy) is 2. The highest BCUT2D eigenvalue weighted by Gasteiger charge is 1.97. The first-order valence-electron chi connectivity index (χ1n) is 10.0. The van der Waals surface area contributed by atoms with E-state index in [1.54, 1.807) is 20.4 Å². The third-order valence-corrected chi connectivity index (χ3v) is 4.55. The Balaban J connectivity index is 1.56. The van der Waals surface area contributed by atoms with Crippen molar-refractivity contribution in [3.05, 3.63) is 102 Å². The molecule has 0 amide bonds. The minimum absolute atomic E-state index is 0.572. The topological polar surface area (TPSA) is 43.2 Å². The lowest BCUT2D eigenvalue weighted by Gasteiger charge is -2.01. The van der Waals surface area contributed by atoms with E-state index in [-0.39, 0.29) is 0 Å². The van der Waals surface area contributed by atoms with Crippen LogP contribution in [0.4, 0.5) is 5.69 Å². The Bertz CT molecular complexity index is 1060. The van der Waals surface area contributed by atoms with Crippen molar-refractivity contribution in [1.82, 2.24) is 0 Å². The van der Waals surface area contributed by atoms with Crippen LogP contribution in [0.1, 0.15) is 16.7 Å². The largest absolute Gasteiger partial charge is 0.497 e. The molecule has 0 saturated carbocycles. The molecule has 0 bridgehead atoms. The smallest absolute Gasteiger partial charge is 0.118 e. The lowest BCUT2D eigenvalue weighted by Crippen LogP contribution is -1.83. The summed E-state index contributed by atoms with van der Waals surface area (Å²) < 4.78 is 10.3. The molecular formula is C27H26N2O2. The summed E-state index contributed by atoms with van der Waals surface area (Å²) >= 11 is 0. The lowest BCUT2D eigenvalue weighted by atomic mass is 10.2. The van der Waals surface area contributed by atoms with E-state index in [2.05, 4.69) is 9.98 Å². The highest BCUT2D eigenvalue weighted by atomic mass is 16.5. The van der Waals surface area contributed by atoms with Crippen molar-refractivity contribution in [2.45, 2.75) is 6.54 Å². The van der Waals surface area contributed by atoms with Gasteiger partial charge in [0, 0.05) is 12.4 Å². The second-order valence-electron chi connectivity index (χ2n) is 6.66. The average Bonchev–Trinajstić information content (AvgIpc) is 2.83. The predicted octanol–water partition coefficient (Wildman–Crippen LogP) is 6.40. The van der Waals surface area contributed by atoms with E-state index in [9.17, 15) is 0 Å². The molecule has 0 unspecified atom stereocenters. The second kappa shape index (κ2) is 11.9. The molecule has 0 radical (unpaired) electrons. The molecule has 31 heavy (non-hydrogen) atoms. The van der Waals surface area contributed by atoms with Gasteiger partial charge in [-0.2, -0.15) is 0 Å². The third kappa shape index (κ3) is 7.12. The summed E-state index contributed by atoms with van der Waals surface area (Å²) in [5.41, 5.74) is 4.18. The van der Waals surface area contributed by atoms with Gasteiger partial charge in [0.25, 0.3) is 0 Å². The normalized spacial score (nSPS) is 11.8. The number of para-hydroxylation sites is 1. The summed E-state index contributed by atoms with van der Waals surface area (Å²) in [6, 6.07) is 23.8. The maximum atomic E-state index is 5.17. The maximum Gasteiger partial charge on any atom is 0.118 e. The number of benzene rings is 3. The first kappa shape index (κ1) is 21.8. The van der Waals surface area contributed by atoms with Crippen LogP contribution in [0.5, 0.6) is 11.5 Å². The van der Waals surface area contributed by atoms with Crippen LogP contribution in [0.15, 0.2) is 94.9 Å². The molecule has 0 heterocycles. The van der Waals surface area contributed by atoms with E-state index < -0.39 is 0 Å². The Labute approximate surface area is 183 Å². The molecule has 0 aromatic heterocycles. The van der Waals surface area contributed by atoms with Crippen molar-refractivity contribution in [3.8, 4) is 11.5 Å². The van der Waals surface area contributed by atoms with Crippen LogP contribution < -0.4 is 9.47 Å². The Morgan fingerprint density at radius 3 is 1.81 bits per heavy atom. The summed E-state index contributed by atoms with van der Waals surface area (Å²) in [5, 5.41) is 0. The Kier molecular flexibility index (Phi) is 8.38. The SMILES string of the molecule is COc1ccc(/C=C/C=NCc2ccccc2N=C/C=C/c2ccc(OC)cc2)cc1. The quantitative estimate of drug-likeness (QED) is 0.383. The number of nitrogens with zero attached hydrogens (tertiary/aromatic N) is 2. The molecule has 0 spiro atoms. The Hall–Kier alpha value is -3.92. The van der Waals surface area contributed by atoms with Gasteiger partial charge < -0.3 is 9.47 Å². The van der Waals surface area contributed by atoms with Crippen LogP contribution in [0, 0.1) is 0 Å². The number of hydrogen-bond acceptors (Lipinski definition) is 4. The third-order valence-electron chi connectivity index (χ3n) is 4.55. The van der Waals surface area contributed by atoms with Crippen LogP contribution in [-0.2, 0) is 6.54 Å². The minimum Gasteiger partial charge on any atom is -0.497 e. The number of hydrogen-bond donors (Lipinski definition) is 0. The van der Waals surface area contributed by atoms with Gasteiger partial charge in [-0.1, -0.05) is 54.6 Å². The van der Waals surface area contributed by atoms with Crippen LogP contribution in [0.25, 0.3) is 12.2 Å². The van der Waals surface area contributed by atoms with E-state index in [1.165, 1.54) is 0 Å². The lowest BCUT2D eigenvalue weighted by molar-refractivity contribution is 0.414. The van der Waals surface area contributed by atoms with Crippen LogP contribution in [0.2, 0.25) is 0 Å². The monoisotopic (exact) mass is 410 g/mol. The second-order valence-corrected chi connectivity index (χ2v) is 6.66. The highest BCUT2D eigenvalue weighted by Crippen LogP contribution is 2.19. The van der Waals surface area contributed by atoms with Crippen LogP contribution >= 0.6 is 0 Å². The zero-order valence-corrected chi connectivity index (χ0v) is 17.8. The van der Waals surface area contributed by atoms with E-state index >= 15 is 0 Å². The van der Waals surface area contributed by atoms with Crippen molar-refractivity contribution in [1.29, 1.82) is 0 Å². The Morgan fingerprint density at radius 2 is 1.23 bits per heavy atom. The van der Waals surface area contributed by atoms with Crippen molar-refractivity contribution in [2.24, 2.45) is 9.98 Å². The molecule has 0 fully saturated rings. The highest BCUT2D eigenvalue weighted by molar-refractivity contribution is 5.81. The van der Waals surface area contributed by atoms with E-state index in [4.69, 9.17) is 9.47 Å². The zero-order chi connectivity index (χ0) is 21.7. The van der Waals surface area contributed by atoms with E-state index in [0.717, 1.165) is 33.9 Å². The molecule has 0 saturated heterocycles. The zero-order valence-electron chi connectivity index (χ0n) is 17.8. The fraction of sp³-hybridized carbons (Fsp3) is 0.111. The standard InChI is InChI=1S/C27H26N2O2/c1-30-25-15-11-22(12-16-25)7-5-19-28-21-24-9-3-4-10-27(24)29-20-6-8-23-13-17-26(31-2)18-14-23/h3-20H,21H2,1-2H3/b7-5+,8-6+,28-19?,29-20?. The van der Waals surface area contributed by atoms with Gasteiger partial charge in [0.2, 0.25) is 0 Å². The molecule has 0 aliphatic heterocycles. The average molecular weight is 411 g/mol. The van der Waals surface area contributed by atoms with Crippen molar-refractivity contribution in [2.75, 3.05) is 14.2 Å². The fourth-order valence-corrected chi connectivity index (χ4v) is 2.84. The molecule has 3 aromatic carbocycles. The van der Waals surface area contributed by atoms with Crippen LogP contribution in [-0.4, -0.2) is 26.6 Å². The molecule has 0 atom stereocenters. The summed E-state index contributed by atoms with van der Waals surface area (Å²) in [6.45, 7) is 0.572. The van der Waals surface area contributed by atoms with Gasteiger partial charge in [-0.3, -0.25) is 9.98 Å². The first-order valence-corrected chi connectivity index (χ1v) is 10.0. The Morgan fingerprint density at radius 1 is 0.677 bits per heavy atom. The van der Waals surface area contributed by atoms with Gasteiger partial charge in [0.05, 0.1) is 26.5 Å². The number of allylic oxidation sites excluding steroid dienone is 2. The summed E-state index contributed by atoms with van der Waals surface area (Å²) in [6.07, 6.45) is 11.5. The van der Waals surface area contributed by atoms with Crippen molar-refractivity contribution in [3.63, 3.8) is 0 Å². The van der Waals surface area contributed by atoms with Gasteiger partial charge in [-0.15, -0.1) is 0 Å². The minimum atomic E-state index is 0.572. The molecule has 0 N–H and O–H groups in total. The van der Waals surface area contributed by atoms with Gasteiger partial charge in [-0.05, 0) is 59.2 Å². The van der Waals surface area contributed by atoms with Crippen molar-refractivity contribution < 1.29 is 9.47 Å². The number of rotatable bonds is 9. The first-order chi connectivity index (χ1) is 15.3. The molecule has 156 valence electrons.